The van der Waals surface area contributed by atoms with Gasteiger partial charge in [0.15, 0.2) is 5.58 Å². The molecule has 0 aliphatic carbocycles. The Bertz CT molecular complexity index is 988. The lowest BCUT2D eigenvalue weighted by Gasteiger charge is -2.15. The summed E-state index contributed by atoms with van der Waals surface area (Å²) in [5.41, 5.74) is 2.24. The molecule has 0 amide bonds. The molecule has 33 heavy (non-hydrogen) atoms. The molecule has 0 radical (unpaired) electrons. The van der Waals surface area contributed by atoms with Crippen molar-refractivity contribution in [3.8, 4) is 11.3 Å². The summed E-state index contributed by atoms with van der Waals surface area (Å²) in [6.45, 7) is 11.8. The average molecular weight is 476 g/mol. The molecular formula is C25H38ClN5O2. The predicted molar refractivity (Wildman–Crippen MR) is 138 cm³/mol. The topological polar surface area (TPSA) is 96.1 Å². The molecule has 1 unspecified atom stereocenters. The third-order valence-corrected chi connectivity index (χ3v) is 5.67. The minimum Gasteiger partial charge on any atom is -0.454 e. The molecule has 1 atom stereocenters. The van der Waals surface area contributed by atoms with Crippen LogP contribution in [-0.2, 0) is 0 Å². The molecule has 0 spiro atoms. The first-order valence-electron chi connectivity index (χ1n) is 12.1. The lowest BCUT2D eigenvalue weighted by Crippen LogP contribution is -2.14. The van der Waals surface area contributed by atoms with E-state index in [1.165, 1.54) is 0 Å². The zero-order valence-corrected chi connectivity index (χ0v) is 21.3. The Kier molecular flexibility index (Phi) is 11.4. The maximum atomic E-state index is 9.48. The van der Waals surface area contributed by atoms with Gasteiger partial charge in [-0.1, -0.05) is 58.6 Å². The van der Waals surface area contributed by atoms with Gasteiger partial charge in [-0.05, 0) is 37.8 Å². The van der Waals surface area contributed by atoms with E-state index in [-0.39, 0.29) is 12.5 Å². The summed E-state index contributed by atoms with van der Waals surface area (Å²) in [4.78, 5) is 13.4. The van der Waals surface area contributed by atoms with E-state index in [1.54, 1.807) is 6.20 Å². The van der Waals surface area contributed by atoms with Crippen molar-refractivity contribution in [1.82, 2.24) is 15.0 Å². The number of nitrogens with one attached hydrogen (secondary N) is 2. The SMILES string of the molecule is CC.CCCCCNc1nc(Cl)c(-c2cc3cc(C)ncc3o2)c(NCCC(CC)CO)n1. The molecule has 182 valence electrons. The van der Waals surface area contributed by atoms with Crippen LogP contribution in [0.5, 0.6) is 0 Å². The Morgan fingerprint density at radius 3 is 2.58 bits per heavy atom. The Balaban J connectivity index is 0.00000187. The standard InChI is InChI=1S/C23H32ClN5O2.C2H6/c1-4-6-7-9-26-23-28-21(24)20(22(29-23)25-10-8-16(5-2)14-30)18-12-17-11-15(3)27-13-19(17)31-18;1-2/h11-13,16,30H,4-10,14H2,1-3H3,(H2,25,26,28,29);1-2H3. The molecule has 0 aliphatic heterocycles. The van der Waals surface area contributed by atoms with E-state index in [9.17, 15) is 5.11 Å². The molecule has 0 saturated heterocycles. The second kappa shape index (κ2) is 14.0. The van der Waals surface area contributed by atoms with E-state index in [4.69, 9.17) is 16.0 Å². The van der Waals surface area contributed by atoms with E-state index >= 15 is 0 Å². The van der Waals surface area contributed by atoms with Crippen LogP contribution in [0.25, 0.3) is 22.3 Å². The monoisotopic (exact) mass is 475 g/mol. The van der Waals surface area contributed by atoms with Crippen LogP contribution < -0.4 is 10.6 Å². The minimum atomic E-state index is 0.176. The highest BCUT2D eigenvalue weighted by Crippen LogP contribution is 2.37. The summed E-state index contributed by atoms with van der Waals surface area (Å²) >= 11 is 6.62. The Labute approximate surface area is 202 Å². The van der Waals surface area contributed by atoms with Crippen LogP contribution in [0.1, 0.15) is 65.5 Å². The number of unbranched alkanes of at least 4 members (excludes halogenated alkanes) is 2. The van der Waals surface area contributed by atoms with Crippen molar-refractivity contribution < 1.29 is 9.52 Å². The van der Waals surface area contributed by atoms with Crippen molar-refractivity contribution in [2.75, 3.05) is 30.3 Å². The number of halogens is 1. The van der Waals surface area contributed by atoms with Crippen LogP contribution in [-0.4, -0.2) is 39.8 Å². The molecule has 3 heterocycles. The van der Waals surface area contributed by atoms with Gasteiger partial charge >= 0.3 is 0 Å². The maximum absolute atomic E-state index is 9.48. The summed E-state index contributed by atoms with van der Waals surface area (Å²) in [7, 11) is 0. The largest absolute Gasteiger partial charge is 0.454 e. The number of pyridine rings is 1. The van der Waals surface area contributed by atoms with Gasteiger partial charge in [-0.15, -0.1) is 0 Å². The number of nitrogens with zero attached hydrogens (tertiary/aromatic N) is 3. The number of aromatic nitrogens is 3. The fourth-order valence-electron chi connectivity index (χ4n) is 3.43. The van der Waals surface area contributed by atoms with Crippen molar-refractivity contribution in [2.45, 2.75) is 66.7 Å². The van der Waals surface area contributed by atoms with Gasteiger partial charge in [-0.3, -0.25) is 4.98 Å². The zero-order chi connectivity index (χ0) is 24.2. The molecular weight excluding hydrogens is 438 g/mol. The van der Waals surface area contributed by atoms with E-state index in [0.717, 1.165) is 49.7 Å². The summed E-state index contributed by atoms with van der Waals surface area (Å²) in [6, 6.07) is 3.91. The number of furan rings is 1. The van der Waals surface area contributed by atoms with Gasteiger partial charge in [-0.25, -0.2) is 4.98 Å². The highest BCUT2D eigenvalue weighted by atomic mass is 35.5. The molecule has 8 heteroatoms. The fourth-order valence-corrected chi connectivity index (χ4v) is 3.69. The van der Waals surface area contributed by atoms with E-state index in [1.807, 2.05) is 32.9 Å². The molecule has 0 aliphatic rings. The predicted octanol–water partition coefficient (Wildman–Crippen LogP) is 6.70. The second-order valence-electron chi connectivity index (χ2n) is 7.84. The van der Waals surface area contributed by atoms with Crippen LogP contribution in [0.2, 0.25) is 5.15 Å². The smallest absolute Gasteiger partial charge is 0.226 e. The van der Waals surface area contributed by atoms with E-state index in [0.29, 0.717) is 40.4 Å². The van der Waals surface area contributed by atoms with Gasteiger partial charge in [0, 0.05) is 30.8 Å². The number of aliphatic hydroxyl groups is 1. The number of hydrogen-bond donors (Lipinski definition) is 3. The number of fused-ring (bicyclic) bond motifs is 1. The summed E-state index contributed by atoms with van der Waals surface area (Å²) in [5, 5.41) is 17.4. The minimum absolute atomic E-state index is 0.176. The van der Waals surface area contributed by atoms with Crippen molar-refractivity contribution in [3.05, 3.63) is 29.2 Å². The summed E-state index contributed by atoms with van der Waals surface area (Å²) in [5.74, 6) is 1.96. The molecule has 0 aromatic carbocycles. The first-order chi connectivity index (χ1) is 16.0. The van der Waals surface area contributed by atoms with Gasteiger partial charge in [0.1, 0.15) is 16.7 Å². The molecule has 3 rings (SSSR count). The number of aliphatic hydroxyl groups excluding tert-OH is 1. The molecule has 7 nitrogen and oxygen atoms in total. The van der Waals surface area contributed by atoms with Crippen LogP contribution in [0, 0.1) is 12.8 Å². The van der Waals surface area contributed by atoms with Crippen LogP contribution in [0.3, 0.4) is 0 Å². The highest BCUT2D eigenvalue weighted by molar-refractivity contribution is 6.32. The quantitative estimate of drug-likeness (QED) is 0.198. The lowest BCUT2D eigenvalue weighted by atomic mass is 10.0. The Morgan fingerprint density at radius 1 is 1.09 bits per heavy atom. The third-order valence-electron chi connectivity index (χ3n) is 5.40. The van der Waals surface area contributed by atoms with Crippen molar-refractivity contribution in [2.24, 2.45) is 5.92 Å². The highest BCUT2D eigenvalue weighted by Gasteiger charge is 2.19. The Hall–Kier alpha value is -2.38. The molecule has 0 bridgehead atoms. The molecule has 3 aromatic heterocycles. The maximum Gasteiger partial charge on any atom is 0.226 e. The van der Waals surface area contributed by atoms with Crippen LogP contribution in [0.4, 0.5) is 11.8 Å². The van der Waals surface area contributed by atoms with E-state index < -0.39 is 0 Å². The molecule has 3 N–H and O–H groups in total. The first kappa shape index (κ1) is 26.9. The normalized spacial score (nSPS) is 11.7. The summed E-state index contributed by atoms with van der Waals surface area (Å²) in [6.07, 6.45) is 6.82. The fraction of sp³-hybridized carbons (Fsp3) is 0.560. The van der Waals surface area contributed by atoms with E-state index in [2.05, 4.69) is 39.4 Å². The van der Waals surface area contributed by atoms with Crippen molar-refractivity contribution >= 4 is 34.3 Å². The van der Waals surface area contributed by atoms with Gasteiger partial charge in [0.05, 0.1) is 11.8 Å². The van der Waals surface area contributed by atoms with Crippen molar-refractivity contribution in [1.29, 1.82) is 0 Å². The number of hydrogen-bond acceptors (Lipinski definition) is 7. The van der Waals surface area contributed by atoms with Crippen molar-refractivity contribution in [3.63, 3.8) is 0 Å². The van der Waals surface area contributed by atoms with Gasteiger partial charge < -0.3 is 20.2 Å². The average Bonchev–Trinajstić information content (AvgIpc) is 3.23. The number of anilines is 2. The lowest BCUT2D eigenvalue weighted by molar-refractivity contribution is 0.217. The van der Waals surface area contributed by atoms with Crippen LogP contribution >= 0.6 is 11.6 Å². The number of rotatable bonds is 12. The van der Waals surface area contributed by atoms with Gasteiger partial charge in [-0.2, -0.15) is 4.98 Å². The van der Waals surface area contributed by atoms with Gasteiger partial charge in [0.2, 0.25) is 5.95 Å². The molecule has 0 fully saturated rings. The number of aryl methyl sites for hydroxylation is 1. The Morgan fingerprint density at radius 2 is 1.88 bits per heavy atom. The molecule has 0 saturated carbocycles. The van der Waals surface area contributed by atoms with Crippen LogP contribution in [0.15, 0.2) is 22.7 Å². The molecule has 3 aromatic rings. The second-order valence-corrected chi connectivity index (χ2v) is 8.20. The summed E-state index contributed by atoms with van der Waals surface area (Å²) < 4.78 is 6.03. The third kappa shape index (κ3) is 7.57. The van der Waals surface area contributed by atoms with Gasteiger partial charge in [0.25, 0.3) is 0 Å². The zero-order valence-electron chi connectivity index (χ0n) is 20.5. The first-order valence-corrected chi connectivity index (χ1v) is 12.5.